The van der Waals surface area contributed by atoms with Gasteiger partial charge in [0.25, 0.3) is 0 Å². The molecule has 6 heteroatoms. The van der Waals surface area contributed by atoms with Crippen LogP contribution in [0.2, 0.25) is 0 Å². The highest BCUT2D eigenvalue weighted by Crippen LogP contribution is 2.33. The third kappa shape index (κ3) is 5.21. The molecule has 2 rings (SSSR count). The Morgan fingerprint density at radius 1 is 1.18 bits per heavy atom. The molecule has 0 radical (unpaired) electrons. The maximum atomic E-state index is 5.46. The lowest BCUT2D eigenvalue weighted by atomic mass is 9.84. The van der Waals surface area contributed by atoms with Crippen LogP contribution >= 0.6 is 0 Å². The Hall–Kier alpha value is -2.63. The summed E-state index contributed by atoms with van der Waals surface area (Å²) in [4.78, 5) is 7.08. The van der Waals surface area contributed by atoms with E-state index in [-0.39, 0.29) is 5.41 Å². The van der Waals surface area contributed by atoms with E-state index in [0.29, 0.717) is 6.54 Å². The van der Waals surface area contributed by atoms with Crippen LogP contribution in [-0.4, -0.2) is 49.8 Å². The lowest BCUT2D eigenvalue weighted by molar-refractivity contribution is 0.353. The van der Waals surface area contributed by atoms with Crippen LogP contribution in [0.15, 0.2) is 41.5 Å². The number of hydrogen-bond donors (Lipinski definition) is 1. The number of aryl methyl sites for hydroxylation is 1. The van der Waals surface area contributed by atoms with E-state index >= 15 is 0 Å². The van der Waals surface area contributed by atoms with Crippen LogP contribution in [0.5, 0.6) is 11.5 Å². The van der Waals surface area contributed by atoms with Crippen LogP contribution in [0.4, 0.5) is 0 Å². The van der Waals surface area contributed by atoms with Gasteiger partial charge in [0.05, 0.1) is 27.3 Å². The number of methoxy groups -OCH3 is 2. The molecule has 28 heavy (non-hydrogen) atoms. The number of nitrogens with zero attached hydrogens (tertiary/aromatic N) is 3. The molecule has 0 aliphatic carbocycles. The number of rotatable bonds is 8. The fourth-order valence-electron chi connectivity index (χ4n) is 3.07. The standard InChI is InChI=1S/C22H34N4O2/c1-8-23-21(26(5)15-18-10-9-13-25(18)4)24-16-22(2,3)17-11-12-19(27-6)20(14-17)28-7/h9-14H,8,15-16H2,1-7H3,(H,23,24). The number of benzene rings is 1. The number of aliphatic imine (C=N–C) groups is 1. The molecule has 0 saturated carbocycles. The van der Waals surface area contributed by atoms with Gasteiger partial charge in [-0.15, -0.1) is 0 Å². The fourth-order valence-corrected chi connectivity index (χ4v) is 3.07. The lowest BCUT2D eigenvalue weighted by Gasteiger charge is -2.27. The van der Waals surface area contributed by atoms with Gasteiger partial charge < -0.3 is 24.3 Å². The van der Waals surface area contributed by atoms with Crippen molar-refractivity contribution < 1.29 is 9.47 Å². The minimum atomic E-state index is -0.147. The Balaban J connectivity index is 2.19. The van der Waals surface area contributed by atoms with E-state index in [4.69, 9.17) is 14.5 Å². The molecule has 0 aliphatic rings. The molecular formula is C22H34N4O2. The molecule has 0 amide bonds. The minimum absolute atomic E-state index is 0.147. The predicted molar refractivity (Wildman–Crippen MR) is 115 cm³/mol. The first-order chi connectivity index (χ1) is 13.3. The number of guanidine groups is 1. The Morgan fingerprint density at radius 3 is 2.46 bits per heavy atom. The molecule has 0 spiro atoms. The van der Waals surface area contributed by atoms with Crippen LogP contribution in [0.25, 0.3) is 0 Å². The van der Waals surface area contributed by atoms with E-state index < -0.39 is 0 Å². The summed E-state index contributed by atoms with van der Waals surface area (Å²) in [6.45, 7) is 8.75. The third-order valence-electron chi connectivity index (χ3n) is 4.94. The van der Waals surface area contributed by atoms with Gasteiger partial charge in [-0.1, -0.05) is 19.9 Å². The second-order valence-electron chi connectivity index (χ2n) is 7.59. The second-order valence-corrected chi connectivity index (χ2v) is 7.59. The minimum Gasteiger partial charge on any atom is -0.493 e. The summed E-state index contributed by atoms with van der Waals surface area (Å²) >= 11 is 0. The van der Waals surface area contributed by atoms with E-state index in [1.807, 2.05) is 12.1 Å². The molecule has 1 aromatic heterocycles. The zero-order valence-corrected chi connectivity index (χ0v) is 18.2. The van der Waals surface area contributed by atoms with E-state index in [9.17, 15) is 0 Å². The highest BCUT2D eigenvalue weighted by Gasteiger charge is 2.23. The smallest absolute Gasteiger partial charge is 0.194 e. The zero-order valence-electron chi connectivity index (χ0n) is 18.2. The van der Waals surface area contributed by atoms with Gasteiger partial charge in [-0.05, 0) is 36.8 Å². The zero-order chi connectivity index (χ0) is 20.7. The molecule has 0 saturated heterocycles. The molecular weight excluding hydrogens is 352 g/mol. The Kier molecular flexibility index (Phi) is 7.38. The molecule has 154 valence electrons. The summed E-state index contributed by atoms with van der Waals surface area (Å²) in [6.07, 6.45) is 2.06. The van der Waals surface area contributed by atoms with Crippen LogP contribution in [-0.2, 0) is 19.0 Å². The van der Waals surface area contributed by atoms with Gasteiger partial charge in [0, 0.05) is 37.9 Å². The van der Waals surface area contributed by atoms with Gasteiger partial charge in [0.2, 0.25) is 0 Å². The van der Waals surface area contributed by atoms with Crippen LogP contribution in [0.1, 0.15) is 32.0 Å². The third-order valence-corrected chi connectivity index (χ3v) is 4.94. The Labute approximate surface area is 169 Å². The fraction of sp³-hybridized carbons (Fsp3) is 0.500. The van der Waals surface area contributed by atoms with E-state index in [1.54, 1.807) is 14.2 Å². The highest BCUT2D eigenvalue weighted by molar-refractivity contribution is 5.79. The van der Waals surface area contributed by atoms with Gasteiger partial charge in [0.1, 0.15) is 0 Å². The second kappa shape index (κ2) is 9.53. The molecule has 0 unspecified atom stereocenters. The van der Waals surface area contributed by atoms with Gasteiger partial charge >= 0.3 is 0 Å². The molecule has 0 fully saturated rings. The Morgan fingerprint density at radius 2 is 1.89 bits per heavy atom. The average molecular weight is 387 g/mol. The number of ether oxygens (including phenoxy) is 2. The van der Waals surface area contributed by atoms with Crippen LogP contribution in [0, 0.1) is 0 Å². The van der Waals surface area contributed by atoms with Crippen molar-refractivity contribution in [2.45, 2.75) is 32.7 Å². The molecule has 0 atom stereocenters. The Bertz CT molecular complexity index is 796. The number of aromatic nitrogens is 1. The monoisotopic (exact) mass is 386 g/mol. The summed E-state index contributed by atoms with van der Waals surface area (Å²) in [5.74, 6) is 2.38. The van der Waals surface area contributed by atoms with E-state index in [0.717, 1.165) is 36.1 Å². The molecule has 1 aromatic carbocycles. The molecule has 6 nitrogen and oxygen atoms in total. The summed E-state index contributed by atoms with van der Waals surface area (Å²) < 4.78 is 12.9. The van der Waals surface area contributed by atoms with Crippen molar-refractivity contribution in [1.82, 2.24) is 14.8 Å². The van der Waals surface area contributed by atoms with Crippen LogP contribution < -0.4 is 14.8 Å². The summed E-state index contributed by atoms with van der Waals surface area (Å²) in [7, 11) is 7.44. The SMILES string of the molecule is CCNC(=NCC(C)(C)c1ccc(OC)c(OC)c1)N(C)Cc1cccn1C. The summed E-state index contributed by atoms with van der Waals surface area (Å²) in [5, 5.41) is 3.40. The largest absolute Gasteiger partial charge is 0.493 e. The van der Waals surface area contributed by atoms with E-state index in [2.05, 4.69) is 74.0 Å². The maximum absolute atomic E-state index is 5.46. The molecule has 1 N–H and O–H groups in total. The topological polar surface area (TPSA) is 51.0 Å². The van der Waals surface area contributed by atoms with Crippen molar-refractivity contribution in [3.05, 3.63) is 47.8 Å². The van der Waals surface area contributed by atoms with Crippen molar-refractivity contribution in [3.8, 4) is 11.5 Å². The highest BCUT2D eigenvalue weighted by atomic mass is 16.5. The van der Waals surface area contributed by atoms with Crippen molar-refractivity contribution in [2.24, 2.45) is 12.0 Å². The van der Waals surface area contributed by atoms with Gasteiger partial charge in [-0.2, -0.15) is 0 Å². The average Bonchev–Trinajstić information content (AvgIpc) is 3.08. The maximum Gasteiger partial charge on any atom is 0.194 e. The van der Waals surface area contributed by atoms with Gasteiger partial charge in [-0.3, -0.25) is 4.99 Å². The van der Waals surface area contributed by atoms with Crippen molar-refractivity contribution >= 4 is 5.96 Å². The predicted octanol–water partition coefficient (Wildman–Crippen LogP) is 3.42. The van der Waals surface area contributed by atoms with Gasteiger partial charge in [-0.25, -0.2) is 0 Å². The van der Waals surface area contributed by atoms with Crippen molar-refractivity contribution in [3.63, 3.8) is 0 Å². The van der Waals surface area contributed by atoms with Crippen molar-refractivity contribution in [1.29, 1.82) is 0 Å². The number of nitrogens with one attached hydrogen (secondary N) is 1. The van der Waals surface area contributed by atoms with Crippen molar-refractivity contribution in [2.75, 3.05) is 34.4 Å². The summed E-state index contributed by atoms with van der Waals surface area (Å²) in [5.41, 5.74) is 2.26. The first kappa shape index (κ1) is 21.7. The quantitative estimate of drug-likeness (QED) is 0.558. The molecule has 1 heterocycles. The summed E-state index contributed by atoms with van der Waals surface area (Å²) in [6, 6.07) is 10.3. The number of hydrogen-bond acceptors (Lipinski definition) is 3. The molecule has 0 bridgehead atoms. The van der Waals surface area contributed by atoms with Crippen LogP contribution in [0.3, 0.4) is 0 Å². The first-order valence-corrected chi connectivity index (χ1v) is 9.64. The van der Waals surface area contributed by atoms with Gasteiger partial charge in [0.15, 0.2) is 17.5 Å². The lowest BCUT2D eigenvalue weighted by Crippen LogP contribution is -2.39. The van der Waals surface area contributed by atoms with E-state index in [1.165, 1.54) is 5.69 Å². The first-order valence-electron chi connectivity index (χ1n) is 9.64. The molecule has 0 aliphatic heterocycles. The molecule has 2 aromatic rings. The normalized spacial score (nSPS) is 12.0.